The largest absolute Gasteiger partial charge is 0.466 e. The van der Waals surface area contributed by atoms with E-state index < -0.39 is 12.0 Å². The first-order chi connectivity index (χ1) is 13.5. The van der Waals surface area contributed by atoms with Crippen LogP contribution in [-0.2, 0) is 20.7 Å². The molecule has 1 aliphatic rings. The van der Waals surface area contributed by atoms with Gasteiger partial charge in [-0.15, -0.1) is 0 Å². The number of amides is 1. The number of carbonyl (C=O) groups excluding carboxylic acids is 2. The topological polar surface area (TPSA) is 49.9 Å². The molecule has 0 saturated carbocycles. The standard InChI is InChI=1S/C21H21ClN2O3S/c1-2-27-19(25)14-18-20(26)24(17-6-4-3-5-7-17)21(28)23(18)13-12-15-8-10-16(22)11-9-15/h3-11,18H,2,12-14H2,1H3. The number of rotatable bonds is 7. The molecule has 5 nitrogen and oxygen atoms in total. The predicted molar refractivity (Wildman–Crippen MR) is 113 cm³/mol. The first-order valence-electron chi connectivity index (χ1n) is 9.11. The van der Waals surface area contributed by atoms with Crippen LogP contribution in [0.5, 0.6) is 0 Å². The average Bonchev–Trinajstić information content (AvgIpc) is 2.92. The van der Waals surface area contributed by atoms with E-state index in [9.17, 15) is 9.59 Å². The van der Waals surface area contributed by atoms with E-state index in [1.54, 1.807) is 6.92 Å². The highest BCUT2D eigenvalue weighted by atomic mass is 35.5. The highest BCUT2D eigenvalue weighted by Crippen LogP contribution is 2.27. The van der Waals surface area contributed by atoms with E-state index in [2.05, 4.69) is 0 Å². The second kappa shape index (κ2) is 9.17. The zero-order valence-corrected chi connectivity index (χ0v) is 17.1. The second-order valence-electron chi connectivity index (χ2n) is 6.39. The molecule has 146 valence electrons. The summed E-state index contributed by atoms with van der Waals surface area (Å²) in [5, 5.41) is 1.07. The van der Waals surface area contributed by atoms with Gasteiger partial charge in [-0.1, -0.05) is 41.9 Å². The van der Waals surface area contributed by atoms with Gasteiger partial charge >= 0.3 is 5.97 Å². The Morgan fingerprint density at radius 3 is 2.46 bits per heavy atom. The number of thiocarbonyl (C=S) groups is 1. The number of benzene rings is 2. The number of carbonyl (C=O) groups is 2. The third-order valence-corrected chi connectivity index (χ3v) is 5.22. The zero-order chi connectivity index (χ0) is 20.1. The van der Waals surface area contributed by atoms with Crippen LogP contribution in [0.1, 0.15) is 18.9 Å². The molecule has 3 rings (SSSR count). The van der Waals surface area contributed by atoms with E-state index in [1.165, 1.54) is 4.90 Å². The van der Waals surface area contributed by atoms with E-state index in [1.807, 2.05) is 59.5 Å². The van der Waals surface area contributed by atoms with Crippen molar-refractivity contribution in [3.8, 4) is 0 Å². The van der Waals surface area contributed by atoms with Crippen molar-refractivity contribution in [1.29, 1.82) is 0 Å². The Bertz CT molecular complexity index is 858. The first kappa shape index (κ1) is 20.3. The summed E-state index contributed by atoms with van der Waals surface area (Å²) in [6.07, 6.45) is 0.642. The number of hydrogen-bond acceptors (Lipinski definition) is 4. The highest BCUT2D eigenvalue weighted by molar-refractivity contribution is 7.80. The van der Waals surface area contributed by atoms with Crippen LogP contribution >= 0.6 is 23.8 Å². The van der Waals surface area contributed by atoms with Gasteiger partial charge in [0.2, 0.25) is 0 Å². The molecule has 1 unspecified atom stereocenters. The summed E-state index contributed by atoms with van der Waals surface area (Å²) in [4.78, 5) is 28.5. The third kappa shape index (κ3) is 4.51. The minimum atomic E-state index is -0.668. The zero-order valence-electron chi connectivity index (χ0n) is 15.5. The van der Waals surface area contributed by atoms with Crippen molar-refractivity contribution in [1.82, 2.24) is 4.90 Å². The van der Waals surface area contributed by atoms with Crippen molar-refractivity contribution >= 4 is 46.5 Å². The van der Waals surface area contributed by atoms with E-state index in [0.29, 0.717) is 28.8 Å². The number of nitrogens with zero attached hydrogens (tertiary/aromatic N) is 2. The van der Waals surface area contributed by atoms with Gasteiger partial charge in [0.1, 0.15) is 6.04 Å². The van der Waals surface area contributed by atoms with Crippen LogP contribution in [0.3, 0.4) is 0 Å². The molecule has 0 radical (unpaired) electrons. The number of hydrogen-bond donors (Lipinski definition) is 0. The van der Waals surface area contributed by atoms with Gasteiger partial charge in [-0.05, 0) is 55.4 Å². The van der Waals surface area contributed by atoms with Gasteiger partial charge in [-0.25, -0.2) is 0 Å². The van der Waals surface area contributed by atoms with Gasteiger partial charge in [-0.2, -0.15) is 0 Å². The molecule has 0 N–H and O–H groups in total. The molecule has 2 aromatic carbocycles. The van der Waals surface area contributed by atoms with Crippen molar-refractivity contribution in [3.05, 3.63) is 65.2 Å². The number of para-hydroxylation sites is 1. The fourth-order valence-corrected chi connectivity index (χ4v) is 3.72. The molecule has 1 saturated heterocycles. The lowest BCUT2D eigenvalue weighted by Gasteiger charge is -2.23. The molecule has 0 aromatic heterocycles. The molecular weight excluding hydrogens is 396 g/mol. The fourth-order valence-electron chi connectivity index (χ4n) is 3.18. The Kier molecular flexibility index (Phi) is 6.65. The molecule has 7 heteroatoms. The van der Waals surface area contributed by atoms with Gasteiger partial charge in [-0.3, -0.25) is 14.5 Å². The molecule has 1 fully saturated rings. The molecule has 2 aromatic rings. The molecule has 0 bridgehead atoms. The second-order valence-corrected chi connectivity index (χ2v) is 7.19. The number of anilines is 1. The lowest BCUT2D eigenvalue weighted by Crippen LogP contribution is -2.38. The minimum absolute atomic E-state index is 0.0310. The van der Waals surface area contributed by atoms with Crippen LogP contribution < -0.4 is 4.90 Å². The van der Waals surface area contributed by atoms with E-state index in [0.717, 1.165) is 5.56 Å². The SMILES string of the molecule is CCOC(=O)CC1C(=O)N(c2ccccc2)C(=S)N1CCc1ccc(Cl)cc1. The highest BCUT2D eigenvalue weighted by Gasteiger charge is 2.44. The molecule has 1 amide bonds. The van der Waals surface area contributed by atoms with Gasteiger partial charge in [0.15, 0.2) is 5.11 Å². The summed E-state index contributed by atoms with van der Waals surface area (Å²) >= 11 is 11.6. The normalized spacial score (nSPS) is 16.6. The van der Waals surface area contributed by atoms with Crippen LogP contribution in [0.15, 0.2) is 54.6 Å². The maximum absolute atomic E-state index is 13.1. The molecule has 28 heavy (non-hydrogen) atoms. The summed E-state index contributed by atoms with van der Waals surface area (Å²) in [5.74, 6) is -0.615. The lowest BCUT2D eigenvalue weighted by atomic mass is 10.1. The van der Waals surface area contributed by atoms with Gasteiger partial charge < -0.3 is 9.64 Å². The third-order valence-electron chi connectivity index (χ3n) is 4.55. The number of halogens is 1. The molecule has 0 aliphatic carbocycles. The summed E-state index contributed by atoms with van der Waals surface area (Å²) < 4.78 is 5.06. The van der Waals surface area contributed by atoms with E-state index in [4.69, 9.17) is 28.6 Å². The number of ether oxygens (including phenoxy) is 1. The molecule has 1 atom stereocenters. The van der Waals surface area contributed by atoms with E-state index >= 15 is 0 Å². The maximum Gasteiger partial charge on any atom is 0.308 e. The molecular formula is C21H21ClN2O3S. The van der Waals surface area contributed by atoms with Crippen LogP contribution in [-0.4, -0.2) is 41.1 Å². The van der Waals surface area contributed by atoms with Crippen molar-refractivity contribution in [2.45, 2.75) is 25.8 Å². The van der Waals surface area contributed by atoms with Crippen molar-refractivity contribution < 1.29 is 14.3 Å². The number of esters is 1. The van der Waals surface area contributed by atoms with Crippen LogP contribution in [0.25, 0.3) is 0 Å². The van der Waals surface area contributed by atoms with Crippen LogP contribution in [0.4, 0.5) is 5.69 Å². The van der Waals surface area contributed by atoms with Gasteiger partial charge in [0, 0.05) is 11.6 Å². The summed E-state index contributed by atoms with van der Waals surface area (Å²) in [5.41, 5.74) is 1.77. The Hall–Kier alpha value is -2.44. The lowest BCUT2D eigenvalue weighted by molar-refractivity contribution is -0.145. The molecule has 1 heterocycles. The van der Waals surface area contributed by atoms with Crippen molar-refractivity contribution in [3.63, 3.8) is 0 Å². The summed E-state index contributed by atoms with van der Waals surface area (Å²) in [6.45, 7) is 2.53. The minimum Gasteiger partial charge on any atom is -0.466 e. The maximum atomic E-state index is 13.1. The Labute approximate surface area is 174 Å². The van der Waals surface area contributed by atoms with E-state index in [-0.39, 0.29) is 18.9 Å². The monoisotopic (exact) mass is 416 g/mol. The van der Waals surface area contributed by atoms with Gasteiger partial charge in [0.25, 0.3) is 5.91 Å². The van der Waals surface area contributed by atoms with Gasteiger partial charge in [0.05, 0.1) is 18.7 Å². The Balaban J connectivity index is 1.82. The fraction of sp³-hybridized carbons (Fsp3) is 0.286. The van der Waals surface area contributed by atoms with Crippen LogP contribution in [0, 0.1) is 0 Å². The van der Waals surface area contributed by atoms with Crippen LogP contribution in [0.2, 0.25) is 5.02 Å². The Morgan fingerprint density at radius 2 is 1.82 bits per heavy atom. The molecule has 1 aliphatic heterocycles. The van der Waals surface area contributed by atoms with Crippen molar-refractivity contribution in [2.24, 2.45) is 0 Å². The quantitative estimate of drug-likeness (QED) is 0.507. The summed E-state index contributed by atoms with van der Waals surface area (Å²) in [6, 6.07) is 16.1. The summed E-state index contributed by atoms with van der Waals surface area (Å²) in [7, 11) is 0. The smallest absolute Gasteiger partial charge is 0.308 e. The molecule has 0 spiro atoms. The average molecular weight is 417 g/mol. The predicted octanol–water partition coefficient (Wildman–Crippen LogP) is 3.84. The van der Waals surface area contributed by atoms with Crippen molar-refractivity contribution in [2.75, 3.05) is 18.1 Å². The first-order valence-corrected chi connectivity index (χ1v) is 9.89. The Morgan fingerprint density at radius 1 is 1.14 bits per heavy atom.